The maximum Gasteiger partial charge on any atom is 0.304 e. The van der Waals surface area contributed by atoms with Crippen molar-refractivity contribution in [3.63, 3.8) is 0 Å². The Bertz CT molecular complexity index is 1040. The van der Waals surface area contributed by atoms with Gasteiger partial charge in [-0.15, -0.1) is 11.8 Å². The molecule has 0 radical (unpaired) electrons. The Balaban J connectivity index is 1.25. The first-order valence-corrected chi connectivity index (χ1v) is 19.0. The number of halogens is 1. The van der Waals surface area contributed by atoms with Crippen LogP contribution < -0.4 is 5.32 Å². The van der Waals surface area contributed by atoms with Gasteiger partial charge in [0.1, 0.15) is 0 Å². The molecule has 0 aromatic rings. The minimum absolute atomic E-state index is 0.0655. The number of amides is 1. The van der Waals surface area contributed by atoms with E-state index < -0.39 is 17.2 Å². The van der Waals surface area contributed by atoms with E-state index in [0.717, 1.165) is 36.0 Å². The number of hydrogen-bond donors (Lipinski definition) is 1. The molecule has 4 nitrogen and oxygen atoms in total. The topological polar surface area (TPSA) is 55.4 Å². The van der Waals surface area contributed by atoms with E-state index in [0.29, 0.717) is 34.9 Å². The fourth-order valence-corrected chi connectivity index (χ4v) is 11.0. The molecule has 3 saturated carbocycles. The summed E-state index contributed by atoms with van der Waals surface area (Å²) in [5.41, 5.74) is 1.34. The van der Waals surface area contributed by atoms with Crippen molar-refractivity contribution in [1.82, 2.24) is 5.32 Å². The van der Waals surface area contributed by atoms with Gasteiger partial charge in [0.15, 0.2) is 0 Å². The monoisotopic (exact) mass is 633 g/mol. The van der Waals surface area contributed by atoms with Crippen molar-refractivity contribution in [2.45, 2.75) is 162 Å². The number of carbonyl (C=O) groups is 2. The zero-order valence-electron chi connectivity index (χ0n) is 29.4. The molecular formula is C38H64FNO3S. The average molecular weight is 634 g/mol. The molecule has 0 aliphatic heterocycles. The van der Waals surface area contributed by atoms with Crippen molar-refractivity contribution in [3.8, 4) is 0 Å². The first-order chi connectivity index (χ1) is 20.5. The van der Waals surface area contributed by atoms with Crippen molar-refractivity contribution in [1.29, 1.82) is 0 Å². The van der Waals surface area contributed by atoms with Crippen molar-refractivity contribution in [2.75, 3.05) is 12.4 Å². The summed E-state index contributed by atoms with van der Waals surface area (Å²) in [6.07, 6.45) is 19.3. The van der Waals surface area contributed by atoms with Crippen LogP contribution in [0.15, 0.2) is 11.6 Å². The van der Waals surface area contributed by atoms with Crippen LogP contribution in [0.25, 0.3) is 0 Å². The summed E-state index contributed by atoms with van der Waals surface area (Å²) in [7, 11) is 0. The van der Waals surface area contributed by atoms with Gasteiger partial charge in [-0.2, -0.15) is 4.39 Å². The van der Waals surface area contributed by atoms with E-state index >= 15 is 0 Å². The number of allylic oxidation sites excluding steroid dienone is 2. The zero-order chi connectivity index (χ0) is 32.3. The van der Waals surface area contributed by atoms with Crippen LogP contribution in [0.1, 0.15) is 145 Å². The van der Waals surface area contributed by atoms with E-state index in [1.165, 1.54) is 70.6 Å². The van der Waals surface area contributed by atoms with Crippen LogP contribution in [-0.2, 0) is 14.3 Å². The van der Waals surface area contributed by atoms with Gasteiger partial charge >= 0.3 is 6.04 Å². The highest BCUT2D eigenvalue weighted by Crippen LogP contribution is 2.67. The Hall–Kier alpha value is -0.880. The molecule has 0 spiro atoms. The molecule has 1 N–H and O–H groups in total. The third kappa shape index (κ3) is 8.72. The molecule has 4 aliphatic rings. The highest BCUT2D eigenvalue weighted by molar-refractivity contribution is 8.00. The minimum atomic E-state index is -1.36. The molecule has 1 amide bonds. The molecule has 252 valence electrons. The SMILES string of the molecule is CC(C)CCCCC1CCC2[C@@H]3CC=C4CC(SCC(=O)NC(C)(C)CCOC(C)(C)CC(=O)F)CC[C@]4(C)C3CC[C@]12C. The predicted octanol–water partition coefficient (Wildman–Crippen LogP) is 9.85. The van der Waals surface area contributed by atoms with E-state index in [2.05, 4.69) is 39.1 Å². The molecule has 0 bridgehead atoms. The summed E-state index contributed by atoms with van der Waals surface area (Å²) in [6, 6.07) is -1.36. The van der Waals surface area contributed by atoms with Gasteiger partial charge in [-0.05, 0) is 132 Å². The van der Waals surface area contributed by atoms with Crippen molar-refractivity contribution >= 4 is 23.7 Å². The highest BCUT2D eigenvalue weighted by atomic mass is 32.2. The molecule has 4 unspecified atom stereocenters. The second-order valence-electron chi connectivity index (χ2n) is 17.3. The number of fused-ring (bicyclic) bond motifs is 5. The van der Waals surface area contributed by atoms with Crippen LogP contribution >= 0.6 is 11.8 Å². The molecule has 0 aromatic carbocycles. The standard InChI is InChI=1S/C38H64FNO3S/c1-26(2)11-9-10-12-27-14-16-31-30-15-13-28-23-29(17-19-38(28,8)32(30)18-20-37(27,31)7)44-25-34(42)40-35(3,4)21-22-43-36(5,6)24-33(39)41/h13,26-27,29-32H,9-12,14-25H2,1-8H3,(H,40,42)/t27?,29?,30-,31?,32?,37+,38-/m0/s1. The molecular weight excluding hydrogens is 569 g/mol. The molecule has 4 aliphatic carbocycles. The molecule has 44 heavy (non-hydrogen) atoms. The van der Waals surface area contributed by atoms with Crippen LogP contribution in [-0.4, -0.2) is 40.7 Å². The highest BCUT2D eigenvalue weighted by Gasteiger charge is 2.58. The van der Waals surface area contributed by atoms with E-state index in [9.17, 15) is 14.0 Å². The lowest BCUT2D eigenvalue weighted by atomic mass is 9.47. The number of ether oxygens (including phenoxy) is 1. The van der Waals surface area contributed by atoms with Crippen LogP contribution in [0.4, 0.5) is 4.39 Å². The summed E-state index contributed by atoms with van der Waals surface area (Å²) in [6.45, 7) is 17.8. The summed E-state index contributed by atoms with van der Waals surface area (Å²) in [4.78, 5) is 23.8. The Morgan fingerprint density at radius 3 is 2.52 bits per heavy atom. The third-order valence-corrected chi connectivity index (χ3v) is 13.9. The molecule has 3 fully saturated rings. The molecule has 0 heterocycles. The van der Waals surface area contributed by atoms with Gasteiger partial charge in [-0.3, -0.25) is 9.59 Å². The van der Waals surface area contributed by atoms with E-state index in [4.69, 9.17) is 4.74 Å². The minimum Gasteiger partial charge on any atom is -0.375 e. The lowest BCUT2D eigenvalue weighted by molar-refractivity contribution is -0.136. The fourth-order valence-electron chi connectivity index (χ4n) is 9.93. The Morgan fingerprint density at radius 2 is 1.82 bits per heavy atom. The van der Waals surface area contributed by atoms with Crippen LogP contribution in [0.2, 0.25) is 0 Å². The molecule has 6 heteroatoms. The Kier molecular flexibility index (Phi) is 11.8. The van der Waals surface area contributed by atoms with Crippen molar-refractivity contribution < 1.29 is 18.7 Å². The predicted molar refractivity (Wildman–Crippen MR) is 182 cm³/mol. The summed E-state index contributed by atoms with van der Waals surface area (Å²) in [5.74, 6) is 4.93. The van der Waals surface area contributed by atoms with Gasteiger partial charge in [-0.25, -0.2) is 0 Å². The lowest BCUT2D eigenvalue weighted by Gasteiger charge is -2.58. The van der Waals surface area contributed by atoms with Gasteiger partial charge in [0.05, 0.1) is 17.8 Å². The fraction of sp³-hybridized carbons (Fsp3) is 0.895. The maximum absolute atomic E-state index is 12.9. The first-order valence-electron chi connectivity index (χ1n) is 18.0. The van der Waals surface area contributed by atoms with Crippen molar-refractivity contribution in [2.24, 2.45) is 40.4 Å². The van der Waals surface area contributed by atoms with E-state index in [1.54, 1.807) is 19.4 Å². The largest absolute Gasteiger partial charge is 0.375 e. The molecule has 0 saturated heterocycles. The molecule has 0 aromatic heterocycles. The second kappa shape index (κ2) is 14.5. The Labute approximate surface area is 273 Å². The summed E-state index contributed by atoms with van der Waals surface area (Å²) in [5, 5.41) is 3.69. The quantitative estimate of drug-likeness (QED) is 0.111. The van der Waals surface area contributed by atoms with Gasteiger partial charge < -0.3 is 10.1 Å². The van der Waals surface area contributed by atoms with Crippen molar-refractivity contribution in [3.05, 3.63) is 11.6 Å². The van der Waals surface area contributed by atoms with E-state index in [1.807, 2.05) is 25.6 Å². The summed E-state index contributed by atoms with van der Waals surface area (Å²) < 4.78 is 18.6. The normalized spacial score (nSPS) is 33.8. The zero-order valence-corrected chi connectivity index (χ0v) is 30.2. The third-order valence-electron chi connectivity index (χ3n) is 12.6. The van der Waals surface area contributed by atoms with E-state index in [-0.39, 0.29) is 12.3 Å². The number of unbranched alkanes of at least 4 members (excludes halogenated alkanes) is 1. The smallest absolute Gasteiger partial charge is 0.304 e. The maximum atomic E-state index is 12.9. The Morgan fingerprint density at radius 1 is 1.07 bits per heavy atom. The second-order valence-corrected chi connectivity index (χ2v) is 18.5. The molecule has 4 rings (SSSR count). The van der Waals surface area contributed by atoms with Crippen LogP contribution in [0.3, 0.4) is 0 Å². The number of rotatable bonds is 15. The number of thioether (sulfide) groups is 1. The van der Waals surface area contributed by atoms with Crippen LogP contribution in [0.5, 0.6) is 0 Å². The van der Waals surface area contributed by atoms with Gasteiger partial charge in [0.2, 0.25) is 5.91 Å². The average Bonchev–Trinajstić information content (AvgIpc) is 3.24. The van der Waals surface area contributed by atoms with Crippen LogP contribution in [0, 0.1) is 40.4 Å². The lowest BCUT2D eigenvalue weighted by Crippen LogP contribution is -2.50. The number of hydrogen-bond acceptors (Lipinski definition) is 4. The van der Waals surface area contributed by atoms with Gasteiger partial charge in [-0.1, -0.05) is 58.6 Å². The van der Waals surface area contributed by atoms with Gasteiger partial charge in [0.25, 0.3) is 0 Å². The first kappa shape index (κ1) is 36.0. The number of carbonyl (C=O) groups excluding carboxylic acids is 2. The van der Waals surface area contributed by atoms with Gasteiger partial charge in [0, 0.05) is 17.4 Å². The summed E-state index contributed by atoms with van der Waals surface area (Å²) >= 11 is 1.83. The molecule has 7 atom stereocenters. The number of nitrogens with one attached hydrogen (secondary N) is 1.